The number of hydrogen-bond donors (Lipinski definition) is 2. The third-order valence-electron chi connectivity index (χ3n) is 8.49. The van der Waals surface area contributed by atoms with Gasteiger partial charge in [-0.1, -0.05) is 64.4 Å². The van der Waals surface area contributed by atoms with Crippen molar-refractivity contribution in [1.82, 2.24) is 14.6 Å². The van der Waals surface area contributed by atoms with Crippen molar-refractivity contribution in [3.63, 3.8) is 0 Å². The lowest BCUT2D eigenvalue weighted by Crippen LogP contribution is -2.53. The fourth-order valence-electron chi connectivity index (χ4n) is 5.42. The number of aliphatic hydroxyl groups is 1. The van der Waals surface area contributed by atoms with Crippen LogP contribution in [0, 0.1) is 5.92 Å². The number of pyridine rings is 1. The number of anilines is 1. The molecule has 3 aromatic rings. The summed E-state index contributed by atoms with van der Waals surface area (Å²) >= 11 is 0. The maximum atomic E-state index is 14.0. The molecule has 0 saturated carbocycles. The van der Waals surface area contributed by atoms with Crippen molar-refractivity contribution < 1.29 is 37.3 Å². The summed E-state index contributed by atoms with van der Waals surface area (Å²) < 4.78 is 45.4. The molecule has 4 atom stereocenters. The fourth-order valence-corrected chi connectivity index (χ4v) is 7.02. The van der Waals surface area contributed by atoms with Gasteiger partial charge in [-0.15, -0.1) is 0 Å². The van der Waals surface area contributed by atoms with Crippen molar-refractivity contribution in [3.8, 4) is 11.5 Å². The van der Waals surface area contributed by atoms with Crippen molar-refractivity contribution in [3.05, 3.63) is 78.0 Å². The van der Waals surface area contributed by atoms with Crippen molar-refractivity contribution in [1.29, 1.82) is 0 Å². The Kier molecular flexibility index (Phi) is 10.7. The maximum Gasteiger partial charge on any atom is 0.416 e. The number of rotatable bonds is 14. The van der Waals surface area contributed by atoms with Gasteiger partial charge in [-0.2, -0.15) is 4.31 Å². The van der Waals surface area contributed by atoms with E-state index in [1.54, 1.807) is 18.3 Å². The molecule has 12 nitrogen and oxygen atoms in total. The number of carbonyl (C=O) groups is 2. The van der Waals surface area contributed by atoms with Gasteiger partial charge < -0.3 is 24.6 Å². The van der Waals surface area contributed by atoms with E-state index >= 15 is 0 Å². The number of nitrogens with zero attached hydrogens (tertiary/aromatic N) is 3. The number of hydrogen-bond acceptors (Lipinski definition) is 9. The number of fused-ring (bicyclic) bond motifs is 1. The zero-order valence-corrected chi connectivity index (χ0v) is 27.9. The highest BCUT2D eigenvalue weighted by molar-refractivity contribution is 7.89. The molecular weight excluding hydrogens is 624 g/mol. The summed E-state index contributed by atoms with van der Waals surface area (Å²) in [7, 11) is -4.09. The largest absolute Gasteiger partial charge is 0.454 e. The molecule has 0 bridgehead atoms. The molecule has 2 amide bonds. The van der Waals surface area contributed by atoms with Crippen LogP contribution in [0.3, 0.4) is 0 Å². The molecule has 0 aliphatic carbocycles. The van der Waals surface area contributed by atoms with Gasteiger partial charge in [0.15, 0.2) is 17.6 Å². The molecule has 0 radical (unpaired) electrons. The van der Waals surface area contributed by atoms with E-state index in [1.807, 2.05) is 64.1 Å². The monoisotopic (exact) mass is 666 g/mol. The van der Waals surface area contributed by atoms with Crippen molar-refractivity contribution in [2.75, 3.05) is 31.3 Å². The van der Waals surface area contributed by atoms with Crippen LogP contribution in [0.5, 0.6) is 11.5 Å². The van der Waals surface area contributed by atoms with Crippen LogP contribution in [-0.4, -0.2) is 79.5 Å². The minimum atomic E-state index is -4.09. The first-order valence-electron chi connectivity index (χ1n) is 15.8. The van der Waals surface area contributed by atoms with E-state index in [9.17, 15) is 23.1 Å². The summed E-state index contributed by atoms with van der Waals surface area (Å²) in [5.41, 5.74) is 1.81. The van der Waals surface area contributed by atoms with Crippen LogP contribution in [0.1, 0.15) is 51.2 Å². The third-order valence-corrected chi connectivity index (χ3v) is 10.3. The second-order valence-electron chi connectivity index (χ2n) is 12.3. The first kappa shape index (κ1) is 34.1. The van der Waals surface area contributed by atoms with Gasteiger partial charge in [0.25, 0.3) is 5.91 Å². The number of nitrogens with one attached hydrogen (secondary N) is 1. The summed E-state index contributed by atoms with van der Waals surface area (Å²) in [4.78, 5) is 32.0. The van der Waals surface area contributed by atoms with Crippen LogP contribution in [0.4, 0.5) is 10.6 Å². The Bertz CT molecular complexity index is 1670. The van der Waals surface area contributed by atoms with Crippen molar-refractivity contribution in [2.24, 2.45) is 5.92 Å². The Morgan fingerprint density at radius 1 is 1.06 bits per heavy atom. The molecule has 5 rings (SSSR count). The summed E-state index contributed by atoms with van der Waals surface area (Å²) in [5.74, 6) is 0.760. The quantitative estimate of drug-likeness (QED) is 0.260. The van der Waals surface area contributed by atoms with Crippen LogP contribution in [0.2, 0.25) is 0 Å². The molecule has 0 spiro atoms. The second kappa shape index (κ2) is 14.7. The van der Waals surface area contributed by atoms with Gasteiger partial charge in [-0.25, -0.2) is 18.2 Å². The average molecular weight is 667 g/mol. The number of sulfonamides is 1. The number of benzene rings is 2. The maximum absolute atomic E-state index is 14.0. The van der Waals surface area contributed by atoms with Crippen molar-refractivity contribution >= 4 is 27.8 Å². The van der Waals surface area contributed by atoms with Crippen LogP contribution in [0.15, 0.2) is 71.8 Å². The topological polar surface area (TPSA) is 148 Å². The van der Waals surface area contributed by atoms with E-state index in [0.717, 1.165) is 11.1 Å². The molecule has 13 heteroatoms. The van der Waals surface area contributed by atoms with Gasteiger partial charge >= 0.3 is 6.09 Å². The molecule has 3 heterocycles. The number of amides is 2. The number of aliphatic hydroxyl groups excluding tert-OH is 1. The molecule has 2 N–H and O–H groups in total. The summed E-state index contributed by atoms with van der Waals surface area (Å²) in [6.45, 7) is 7.75. The van der Waals surface area contributed by atoms with E-state index in [1.165, 1.54) is 21.3 Å². The van der Waals surface area contributed by atoms with Gasteiger partial charge in [0, 0.05) is 25.4 Å². The van der Waals surface area contributed by atoms with E-state index < -0.39 is 40.3 Å². The van der Waals surface area contributed by atoms with E-state index in [0.29, 0.717) is 23.7 Å². The molecule has 252 valence electrons. The Hall–Kier alpha value is -4.20. The summed E-state index contributed by atoms with van der Waals surface area (Å²) in [5, 5.41) is 14.5. The van der Waals surface area contributed by atoms with Gasteiger partial charge in [-0.3, -0.25) is 9.69 Å². The zero-order chi connectivity index (χ0) is 33.7. The van der Waals surface area contributed by atoms with Crippen molar-refractivity contribution in [2.45, 2.75) is 69.6 Å². The number of ether oxygens (including phenoxy) is 3. The number of aromatic nitrogens is 1. The second-order valence-corrected chi connectivity index (χ2v) is 14.2. The predicted octanol–water partition coefficient (Wildman–Crippen LogP) is 4.08. The van der Waals surface area contributed by atoms with E-state index in [-0.39, 0.29) is 49.6 Å². The summed E-state index contributed by atoms with van der Waals surface area (Å²) in [6, 6.07) is 16.4. The zero-order valence-electron chi connectivity index (χ0n) is 27.0. The first-order valence-corrected chi connectivity index (χ1v) is 17.3. The summed E-state index contributed by atoms with van der Waals surface area (Å²) in [6.07, 6.45) is -0.646. The van der Waals surface area contributed by atoms with Crippen LogP contribution in [0.25, 0.3) is 0 Å². The molecule has 2 aromatic carbocycles. The molecule has 1 aromatic heterocycles. The lowest BCUT2D eigenvalue weighted by atomic mass is 10.0. The van der Waals surface area contributed by atoms with Crippen LogP contribution >= 0.6 is 0 Å². The van der Waals surface area contributed by atoms with E-state index in [2.05, 4.69) is 10.3 Å². The SMILES string of the molecule is CC[C@H](C)CN(C[C@@H](O)C(Cc1ccccc1)NC(=O)C1CN(c2cc(C(C)C)ccn2)C(=O)O1)S(=O)(=O)c1ccc2c(c1)OCO2. The Labute approximate surface area is 275 Å². The smallest absolute Gasteiger partial charge is 0.416 e. The lowest BCUT2D eigenvalue weighted by Gasteiger charge is -2.31. The average Bonchev–Trinajstić information content (AvgIpc) is 3.70. The molecule has 2 aliphatic rings. The first-order chi connectivity index (χ1) is 22.5. The van der Waals surface area contributed by atoms with Crippen LogP contribution in [-0.2, 0) is 26.0 Å². The Morgan fingerprint density at radius 3 is 2.53 bits per heavy atom. The van der Waals surface area contributed by atoms with E-state index in [4.69, 9.17) is 14.2 Å². The standard InChI is InChI=1S/C34H42N4O8S/c1-5-23(4)18-37(47(42,43)26-11-12-29-30(17-26)45-21-44-29)19-28(39)27(15-24-9-7-6-8-10-24)36-33(40)31-20-38(34(41)46-31)32-16-25(22(2)3)13-14-35-32/h6-14,16-17,22-23,27-28,31,39H,5,15,18-21H2,1-4H3,(H,36,40)/t23-,27?,28+,31?/m0/s1. The molecule has 1 fully saturated rings. The van der Waals surface area contributed by atoms with Crippen LogP contribution < -0.4 is 19.7 Å². The minimum absolute atomic E-state index is 0.00387. The molecule has 2 aliphatic heterocycles. The van der Waals surface area contributed by atoms with Gasteiger partial charge in [0.05, 0.1) is 23.6 Å². The lowest BCUT2D eigenvalue weighted by molar-refractivity contribution is -0.129. The Morgan fingerprint density at radius 2 is 1.81 bits per heavy atom. The highest BCUT2D eigenvalue weighted by Gasteiger charge is 2.40. The molecule has 2 unspecified atom stereocenters. The highest BCUT2D eigenvalue weighted by Crippen LogP contribution is 2.35. The van der Waals surface area contributed by atoms with Gasteiger partial charge in [0.1, 0.15) is 5.82 Å². The minimum Gasteiger partial charge on any atom is -0.454 e. The molecular formula is C34H42N4O8S. The Balaban J connectivity index is 1.36. The normalized spacial score (nSPS) is 17.9. The number of carbonyl (C=O) groups excluding carboxylic acids is 2. The predicted molar refractivity (Wildman–Crippen MR) is 175 cm³/mol. The molecule has 1 saturated heterocycles. The highest BCUT2D eigenvalue weighted by atomic mass is 32.2. The fraction of sp³-hybridized carbons (Fsp3) is 0.441. The molecule has 47 heavy (non-hydrogen) atoms. The van der Waals surface area contributed by atoms with Gasteiger partial charge in [-0.05, 0) is 53.6 Å². The number of cyclic esters (lactones) is 1. The third kappa shape index (κ3) is 8.03. The van der Waals surface area contributed by atoms with Gasteiger partial charge in [0.2, 0.25) is 16.8 Å².